The van der Waals surface area contributed by atoms with E-state index in [2.05, 4.69) is 49.3 Å². The van der Waals surface area contributed by atoms with E-state index in [4.69, 9.17) is 0 Å². The summed E-state index contributed by atoms with van der Waals surface area (Å²) >= 11 is 0. The van der Waals surface area contributed by atoms with Crippen LogP contribution in [0.25, 0.3) is 0 Å². The fourth-order valence-electron chi connectivity index (χ4n) is 3.65. The number of nitrogens with one attached hydrogen (secondary N) is 1. The number of nitriles is 1. The number of aromatic nitrogens is 2. The highest BCUT2D eigenvalue weighted by atomic mass is 15.2. The van der Waals surface area contributed by atoms with Crippen molar-refractivity contribution in [2.75, 3.05) is 5.32 Å². The zero-order valence-electron chi connectivity index (χ0n) is 13.6. The van der Waals surface area contributed by atoms with Gasteiger partial charge in [0.15, 0.2) is 5.82 Å². The molecule has 4 heteroatoms. The molecular weight excluding hydrogens is 260 g/mol. The van der Waals surface area contributed by atoms with E-state index in [1.165, 1.54) is 6.42 Å². The lowest BCUT2D eigenvalue weighted by atomic mass is 9.80. The number of rotatable bonds is 4. The first-order valence-electron chi connectivity index (χ1n) is 8.14. The van der Waals surface area contributed by atoms with E-state index >= 15 is 0 Å². The van der Waals surface area contributed by atoms with Crippen molar-refractivity contribution in [2.24, 2.45) is 11.8 Å². The fourth-order valence-corrected chi connectivity index (χ4v) is 3.65. The standard InChI is InChI=1S/C17H26N4/c1-5-14-15(10-18)17(21-20-16(14)6-2)19-13-8-11(3)7-12(4)9-13/h11-13H,5-9H2,1-4H3,(H,19,21). The van der Waals surface area contributed by atoms with Crippen LogP contribution in [0.3, 0.4) is 0 Å². The van der Waals surface area contributed by atoms with Gasteiger partial charge in [-0.25, -0.2) is 0 Å². The zero-order chi connectivity index (χ0) is 15.4. The molecule has 0 radical (unpaired) electrons. The summed E-state index contributed by atoms with van der Waals surface area (Å²) in [5.74, 6) is 2.13. The van der Waals surface area contributed by atoms with Crippen molar-refractivity contribution in [3.63, 3.8) is 0 Å². The topological polar surface area (TPSA) is 61.6 Å². The third-order valence-corrected chi connectivity index (χ3v) is 4.48. The van der Waals surface area contributed by atoms with Gasteiger partial charge in [0.05, 0.1) is 5.69 Å². The molecule has 114 valence electrons. The second-order valence-corrected chi connectivity index (χ2v) is 6.43. The minimum absolute atomic E-state index is 0.405. The Labute approximate surface area is 128 Å². The van der Waals surface area contributed by atoms with E-state index in [0.717, 1.165) is 48.8 Å². The SMILES string of the molecule is CCc1nnc(NC2CC(C)CC(C)C2)c(C#N)c1CC. The van der Waals surface area contributed by atoms with Gasteiger partial charge in [0.1, 0.15) is 11.6 Å². The Morgan fingerprint density at radius 1 is 1.10 bits per heavy atom. The second-order valence-electron chi connectivity index (χ2n) is 6.43. The molecule has 4 nitrogen and oxygen atoms in total. The summed E-state index contributed by atoms with van der Waals surface area (Å²) < 4.78 is 0. The van der Waals surface area contributed by atoms with Crippen molar-refractivity contribution in [3.8, 4) is 6.07 Å². The van der Waals surface area contributed by atoms with Crippen LogP contribution in [0, 0.1) is 23.2 Å². The van der Waals surface area contributed by atoms with Gasteiger partial charge in [0, 0.05) is 6.04 Å². The van der Waals surface area contributed by atoms with Crippen LogP contribution >= 0.6 is 0 Å². The van der Waals surface area contributed by atoms with Crippen molar-refractivity contribution >= 4 is 5.82 Å². The highest BCUT2D eigenvalue weighted by Crippen LogP contribution is 2.31. The van der Waals surface area contributed by atoms with E-state index in [0.29, 0.717) is 17.4 Å². The lowest BCUT2D eigenvalue weighted by molar-refractivity contribution is 0.280. The Kier molecular flexibility index (Phi) is 5.17. The molecule has 1 aliphatic rings. The molecule has 1 aromatic rings. The van der Waals surface area contributed by atoms with Gasteiger partial charge in [0.25, 0.3) is 0 Å². The highest BCUT2D eigenvalue weighted by molar-refractivity contribution is 5.57. The summed E-state index contributed by atoms with van der Waals surface area (Å²) in [5, 5.41) is 21.6. The molecule has 1 aromatic heterocycles. The maximum absolute atomic E-state index is 9.53. The Bertz CT molecular complexity index is 522. The van der Waals surface area contributed by atoms with Crippen molar-refractivity contribution < 1.29 is 0 Å². The maximum Gasteiger partial charge on any atom is 0.167 e. The number of anilines is 1. The molecule has 0 aromatic carbocycles. The lowest BCUT2D eigenvalue weighted by Crippen LogP contribution is -2.31. The van der Waals surface area contributed by atoms with Crippen LogP contribution in [0.1, 0.15) is 63.8 Å². The van der Waals surface area contributed by atoms with Crippen molar-refractivity contribution in [1.82, 2.24) is 10.2 Å². The molecule has 1 heterocycles. The Morgan fingerprint density at radius 3 is 2.29 bits per heavy atom. The van der Waals surface area contributed by atoms with E-state index < -0.39 is 0 Å². The molecule has 0 amide bonds. The molecule has 2 unspecified atom stereocenters. The van der Waals surface area contributed by atoms with Crippen molar-refractivity contribution in [3.05, 3.63) is 16.8 Å². The number of hydrogen-bond donors (Lipinski definition) is 1. The molecule has 1 saturated carbocycles. The first kappa shape index (κ1) is 15.8. The van der Waals surface area contributed by atoms with Gasteiger partial charge >= 0.3 is 0 Å². The summed E-state index contributed by atoms with van der Waals surface area (Å²) in [7, 11) is 0. The van der Waals surface area contributed by atoms with Crippen LogP contribution in [0.4, 0.5) is 5.82 Å². The molecule has 0 aliphatic heterocycles. The van der Waals surface area contributed by atoms with Gasteiger partial charge < -0.3 is 5.32 Å². The Balaban J connectivity index is 2.26. The molecule has 2 atom stereocenters. The lowest BCUT2D eigenvalue weighted by Gasteiger charge is -2.32. The predicted octanol–water partition coefficient (Wildman–Crippen LogP) is 3.71. The highest BCUT2D eigenvalue weighted by Gasteiger charge is 2.25. The monoisotopic (exact) mass is 286 g/mol. The number of hydrogen-bond acceptors (Lipinski definition) is 4. The quantitative estimate of drug-likeness (QED) is 0.916. The van der Waals surface area contributed by atoms with E-state index in [1.807, 2.05) is 0 Å². The smallest absolute Gasteiger partial charge is 0.167 e. The summed E-state index contributed by atoms with van der Waals surface area (Å²) in [6.45, 7) is 8.74. The van der Waals surface area contributed by atoms with Crippen LogP contribution < -0.4 is 5.32 Å². The van der Waals surface area contributed by atoms with Gasteiger partial charge in [0.2, 0.25) is 0 Å². The summed E-state index contributed by atoms with van der Waals surface area (Å²) in [6.07, 6.45) is 5.24. The second kappa shape index (κ2) is 6.89. The molecule has 21 heavy (non-hydrogen) atoms. The zero-order valence-corrected chi connectivity index (χ0v) is 13.6. The molecule has 1 N–H and O–H groups in total. The average molecular weight is 286 g/mol. The third-order valence-electron chi connectivity index (χ3n) is 4.48. The molecule has 0 saturated heterocycles. The molecular formula is C17H26N4. The maximum atomic E-state index is 9.53. The van der Waals surface area contributed by atoms with Crippen LogP contribution in [0.5, 0.6) is 0 Å². The number of nitrogens with zero attached hydrogens (tertiary/aromatic N) is 3. The minimum Gasteiger partial charge on any atom is -0.365 e. The average Bonchev–Trinajstić information content (AvgIpc) is 2.45. The first-order chi connectivity index (χ1) is 10.1. The van der Waals surface area contributed by atoms with Crippen molar-refractivity contribution in [2.45, 2.75) is 65.8 Å². The Morgan fingerprint density at radius 2 is 1.76 bits per heavy atom. The Hall–Kier alpha value is -1.63. The normalized spacial score (nSPS) is 25.4. The van der Waals surface area contributed by atoms with Gasteiger partial charge in [-0.3, -0.25) is 0 Å². The third kappa shape index (κ3) is 3.53. The van der Waals surface area contributed by atoms with E-state index in [-0.39, 0.29) is 0 Å². The van der Waals surface area contributed by atoms with E-state index in [1.54, 1.807) is 0 Å². The number of aryl methyl sites for hydroxylation is 1. The van der Waals surface area contributed by atoms with E-state index in [9.17, 15) is 5.26 Å². The molecule has 1 aliphatic carbocycles. The van der Waals surface area contributed by atoms with Crippen molar-refractivity contribution in [1.29, 1.82) is 5.26 Å². The first-order valence-corrected chi connectivity index (χ1v) is 8.14. The molecule has 0 spiro atoms. The van der Waals surface area contributed by atoms with Crippen LogP contribution in [0.15, 0.2) is 0 Å². The van der Waals surface area contributed by atoms with Gasteiger partial charge in [-0.15, -0.1) is 5.10 Å². The van der Waals surface area contributed by atoms with Crippen LogP contribution in [-0.2, 0) is 12.8 Å². The largest absolute Gasteiger partial charge is 0.365 e. The van der Waals surface area contributed by atoms with Crippen LogP contribution in [0.2, 0.25) is 0 Å². The fraction of sp³-hybridized carbons (Fsp3) is 0.706. The molecule has 0 bridgehead atoms. The molecule has 1 fully saturated rings. The summed E-state index contributed by atoms with van der Waals surface area (Å²) in [5.41, 5.74) is 2.69. The minimum atomic E-state index is 0.405. The van der Waals surface area contributed by atoms with Crippen LogP contribution in [-0.4, -0.2) is 16.2 Å². The van der Waals surface area contributed by atoms with Gasteiger partial charge in [-0.2, -0.15) is 10.4 Å². The molecule has 2 rings (SSSR count). The van der Waals surface area contributed by atoms with Gasteiger partial charge in [-0.1, -0.05) is 27.7 Å². The van der Waals surface area contributed by atoms with Gasteiger partial charge in [-0.05, 0) is 49.5 Å². The summed E-state index contributed by atoms with van der Waals surface area (Å²) in [6, 6.07) is 2.74. The summed E-state index contributed by atoms with van der Waals surface area (Å²) in [4.78, 5) is 0. The predicted molar refractivity (Wildman–Crippen MR) is 85.1 cm³/mol.